The van der Waals surface area contributed by atoms with Crippen LogP contribution >= 0.6 is 0 Å². The third kappa shape index (κ3) is 6.43. The molecule has 0 bridgehead atoms. The molecular formula is C23H32N6O7S. The SMILES string of the molecule is CCCC(=N)c1nc(-c2cc(S(=O)(=O)N3CC(CCCO[N+](=O)[O-])C3)ccc2OCC)[nH]c(=O)c1NC. The lowest BCUT2D eigenvalue weighted by Crippen LogP contribution is -2.49. The number of nitrogens with one attached hydrogen (secondary N) is 3. The Labute approximate surface area is 214 Å². The maximum atomic E-state index is 13.3. The van der Waals surface area contributed by atoms with E-state index in [1.54, 1.807) is 14.0 Å². The Morgan fingerprint density at radius 1 is 1.35 bits per heavy atom. The quantitative estimate of drug-likeness (QED) is 0.141. The van der Waals surface area contributed by atoms with Gasteiger partial charge in [-0.05, 0) is 50.3 Å². The molecule has 1 saturated heterocycles. The Morgan fingerprint density at radius 3 is 2.70 bits per heavy atom. The van der Waals surface area contributed by atoms with Crippen molar-refractivity contribution in [1.82, 2.24) is 14.3 Å². The molecule has 1 aliphatic heterocycles. The molecule has 14 heteroatoms. The lowest BCUT2D eigenvalue weighted by atomic mass is 9.98. The molecule has 2 heterocycles. The number of hydrogen-bond acceptors (Lipinski definition) is 10. The number of aromatic amines is 1. The summed E-state index contributed by atoms with van der Waals surface area (Å²) in [7, 11) is -2.26. The molecule has 1 aliphatic rings. The number of aromatic nitrogens is 2. The first-order chi connectivity index (χ1) is 17.6. The van der Waals surface area contributed by atoms with E-state index in [2.05, 4.69) is 20.1 Å². The molecule has 3 rings (SSSR count). The lowest BCUT2D eigenvalue weighted by molar-refractivity contribution is -0.757. The number of sulfonamides is 1. The van der Waals surface area contributed by atoms with Crippen LogP contribution < -0.4 is 15.6 Å². The van der Waals surface area contributed by atoms with Gasteiger partial charge in [0.05, 0.1) is 29.4 Å². The van der Waals surface area contributed by atoms with E-state index < -0.39 is 20.7 Å². The predicted molar refractivity (Wildman–Crippen MR) is 137 cm³/mol. The Hall–Kier alpha value is -3.52. The molecule has 2 aromatic rings. The zero-order chi connectivity index (χ0) is 27.2. The summed E-state index contributed by atoms with van der Waals surface area (Å²) >= 11 is 0. The van der Waals surface area contributed by atoms with Crippen molar-refractivity contribution in [3.05, 3.63) is 44.4 Å². The molecule has 37 heavy (non-hydrogen) atoms. The smallest absolute Gasteiger partial charge is 0.294 e. The maximum Gasteiger partial charge on any atom is 0.294 e. The second-order valence-corrected chi connectivity index (χ2v) is 10.5. The van der Waals surface area contributed by atoms with Gasteiger partial charge < -0.3 is 25.3 Å². The van der Waals surface area contributed by atoms with Gasteiger partial charge in [-0.25, -0.2) is 13.4 Å². The average molecular weight is 537 g/mol. The van der Waals surface area contributed by atoms with E-state index >= 15 is 0 Å². The number of H-pyrrole nitrogens is 1. The summed E-state index contributed by atoms with van der Waals surface area (Å²) in [6, 6.07) is 4.40. The van der Waals surface area contributed by atoms with Crippen LogP contribution in [0.4, 0.5) is 5.69 Å². The second-order valence-electron chi connectivity index (χ2n) is 8.59. The van der Waals surface area contributed by atoms with Gasteiger partial charge in [-0.2, -0.15) is 4.31 Å². The van der Waals surface area contributed by atoms with Crippen LogP contribution in [-0.4, -0.2) is 66.8 Å². The largest absolute Gasteiger partial charge is 0.493 e. The van der Waals surface area contributed by atoms with Crippen molar-refractivity contribution in [1.29, 1.82) is 5.41 Å². The summed E-state index contributed by atoms with van der Waals surface area (Å²) in [6.45, 7) is 4.59. The van der Waals surface area contributed by atoms with E-state index in [1.165, 1.54) is 22.5 Å². The summed E-state index contributed by atoms with van der Waals surface area (Å²) in [5, 5.41) is 20.6. The first kappa shape index (κ1) is 28.1. The van der Waals surface area contributed by atoms with Crippen LogP contribution in [0.5, 0.6) is 5.75 Å². The highest BCUT2D eigenvalue weighted by Gasteiger charge is 2.36. The van der Waals surface area contributed by atoms with Crippen molar-refractivity contribution in [3.8, 4) is 17.1 Å². The molecule has 202 valence electrons. The van der Waals surface area contributed by atoms with Crippen molar-refractivity contribution in [2.24, 2.45) is 5.92 Å². The van der Waals surface area contributed by atoms with Gasteiger partial charge in [-0.3, -0.25) is 4.79 Å². The van der Waals surface area contributed by atoms with E-state index in [9.17, 15) is 23.3 Å². The number of anilines is 1. The third-order valence-corrected chi connectivity index (χ3v) is 7.80. The minimum absolute atomic E-state index is 0.0200. The molecular weight excluding hydrogens is 504 g/mol. The topological polar surface area (TPSA) is 181 Å². The summed E-state index contributed by atoms with van der Waals surface area (Å²) in [4.78, 5) is 34.6. The first-order valence-electron chi connectivity index (χ1n) is 12.1. The Kier molecular flexibility index (Phi) is 9.21. The Balaban J connectivity index is 1.91. The normalized spacial score (nSPS) is 14.1. The van der Waals surface area contributed by atoms with Crippen LogP contribution in [0.3, 0.4) is 0 Å². The van der Waals surface area contributed by atoms with Crippen molar-refractivity contribution >= 4 is 21.4 Å². The predicted octanol–water partition coefficient (Wildman–Crippen LogP) is 2.65. The van der Waals surface area contributed by atoms with Crippen LogP contribution in [0, 0.1) is 21.4 Å². The van der Waals surface area contributed by atoms with Crippen LogP contribution in [0.25, 0.3) is 11.4 Å². The molecule has 1 aromatic carbocycles. The molecule has 0 radical (unpaired) electrons. The van der Waals surface area contributed by atoms with Crippen molar-refractivity contribution in [2.75, 3.05) is 38.7 Å². The molecule has 3 N–H and O–H groups in total. The van der Waals surface area contributed by atoms with Gasteiger partial charge in [-0.1, -0.05) is 13.3 Å². The second kappa shape index (κ2) is 12.1. The fourth-order valence-corrected chi connectivity index (χ4v) is 5.74. The van der Waals surface area contributed by atoms with Gasteiger partial charge in [0.25, 0.3) is 10.6 Å². The van der Waals surface area contributed by atoms with Gasteiger partial charge in [0, 0.05) is 20.1 Å². The highest BCUT2D eigenvalue weighted by molar-refractivity contribution is 7.89. The van der Waals surface area contributed by atoms with Gasteiger partial charge in [-0.15, -0.1) is 10.1 Å². The number of ether oxygens (including phenoxy) is 1. The Bertz CT molecular complexity index is 1310. The molecule has 1 fully saturated rings. The fraction of sp³-hybridized carbons (Fsp3) is 0.522. The van der Waals surface area contributed by atoms with Crippen LogP contribution in [0.2, 0.25) is 0 Å². The zero-order valence-corrected chi connectivity index (χ0v) is 21.9. The van der Waals surface area contributed by atoms with Crippen LogP contribution in [0.15, 0.2) is 27.9 Å². The van der Waals surface area contributed by atoms with Gasteiger partial charge in [0.2, 0.25) is 10.0 Å². The van der Waals surface area contributed by atoms with E-state index in [0.29, 0.717) is 56.7 Å². The molecule has 13 nitrogen and oxygen atoms in total. The summed E-state index contributed by atoms with van der Waals surface area (Å²) < 4.78 is 33.6. The van der Waals surface area contributed by atoms with E-state index in [4.69, 9.17) is 10.1 Å². The van der Waals surface area contributed by atoms with E-state index in [-0.39, 0.29) is 40.3 Å². The number of rotatable bonds is 14. The maximum absolute atomic E-state index is 13.3. The van der Waals surface area contributed by atoms with E-state index in [1.807, 2.05) is 6.92 Å². The minimum atomic E-state index is -3.84. The number of benzene rings is 1. The first-order valence-corrected chi connectivity index (χ1v) is 13.5. The van der Waals surface area contributed by atoms with E-state index in [0.717, 1.165) is 0 Å². The number of hydrogen-bond donors (Lipinski definition) is 3. The molecule has 0 aliphatic carbocycles. The minimum Gasteiger partial charge on any atom is -0.493 e. The molecule has 0 unspecified atom stereocenters. The molecule has 0 spiro atoms. The summed E-state index contributed by atoms with van der Waals surface area (Å²) in [6.07, 6.45) is 2.20. The van der Waals surface area contributed by atoms with Crippen molar-refractivity contribution in [2.45, 2.75) is 44.4 Å². The van der Waals surface area contributed by atoms with Gasteiger partial charge >= 0.3 is 0 Å². The standard InChI is InChI=1S/C23H32N6O7S/c1-4-7-18(24)20-21(25-3)23(30)27-22(26-20)17-12-16(9-10-19(17)35-5-2)37(33,34)28-13-15(14-28)8-6-11-36-29(31)32/h9-10,12,15,24-25H,4-8,11,13-14H2,1-3H3,(H,26,27,30). The lowest BCUT2D eigenvalue weighted by Gasteiger charge is -2.38. The Morgan fingerprint density at radius 2 is 2.08 bits per heavy atom. The fourth-order valence-electron chi connectivity index (χ4n) is 4.12. The average Bonchev–Trinajstić information content (AvgIpc) is 2.82. The highest BCUT2D eigenvalue weighted by Crippen LogP contribution is 2.34. The highest BCUT2D eigenvalue weighted by atomic mass is 32.2. The molecule has 0 amide bonds. The van der Waals surface area contributed by atoms with Crippen molar-refractivity contribution < 1.29 is 23.1 Å². The molecule has 0 saturated carbocycles. The summed E-state index contributed by atoms with van der Waals surface area (Å²) in [5.41, 5.74) is 0.369. The monoisotopic (exact) mass is 536 g/mol. The van der Waals surface area contributed by atoms with Crippen LogP contribution in [0.1, 0.15) is 45.2 Å². The van der Waals surface area contributed by atoms with Gasteiger partial charge in [0.1, 0.15) is 23.0 Å². The number of nitrogens with zero attached hydrogens (tertiary/aromatic N) is 3. The van der Waals surface area contributed by atoms with Crippen molar-refractivity contribution in [3.63, 3.8) is 0 Å². The van der Waals surface area contributed by atoms with Crippen LogP contribution in [-0.2, 0) is 14.9 Å². The molecule has 1 aromatic heterocycles. The molecule has 0 atom stereocenters. The van der Waals surface area contributed by atoms with Gasteiger partial charge in [0.15, 0.2) is 0 Å². The zero-order valence-electron chi connectivity index (χ0n) is 21.1. The summed E-state index contributed by atoms with van der Waals surface area (Å²) in [5.74, 6) is 0.543. The third-order valence-electron chi connectivity index (χ3n) is 5.98.